The van der Waals surface area contributed by atoms with E-state index in [4.69, 9.17) is 0 Å². The lowest BCUT2D eigenvalue weighted by Crippen LogP contribution is -2.37. The minimum absolute atomic E-state index is 0.0238. The van der Waals surface area contributed by atoms with E-state index in [1.165, 1.54) is 6.33 Å². The van der Waals surface area contributed by atoms with E-state index in [1.807, 2.05) is 26.2 Å². The Balaban J connectivity index is 1.60. The van der Waals surface area contributed by atoms with Gasteiger partial charge < -0.3 is 4.98 Å². The van der Waals surface area contributed by atoms with Crippen LogP contribution < -0.4 is 4.90 Å². The predicted molar refractivity (Wildman–Crippen MR) is 98.4 cm³/mol. The van der Waals surface area contributed by atoms with Crippen LogP contribution in [-0.2, 0) is 11.8 Å². The van der Waals surface area contributed by atoms with Crippen LogP contribution in [0, 0.1) is 28.6 Å². The molecule has 2 atom stereocenters. The Kier molecular flexibility index (Phi) is 3.20. The molecule has 1 aliphatic carbocycles. The third-order valence-corrected chi connectivity index (χ3v) is 5.92. The molecule has 4 heterocycles. The SMILES string of the molecule is C[C@@H]1CN(c2ncnc3[nH]c(-c4cnn(C)c4)cc23)C(=O)[C@]1(C#N)C1CC1. The summed E-state index contributed by atoms with van der Waals surface area (Å²) in [5, 5.41) is 14.8. The fourth-order valence-corrected chi connectivity index (χ4v) is 4.34. The van der Waals surface area contributed by atoms with Gasteiger partial charge in [-0.05, 0) is 24.8 Å². The number of anilines is 1. The maximum Gasteiger partial charge on any atom is 0.249 e. The number of hydrogen-bond acceptors (Lipinski definition) is 5. The molecule has 3 aromatic heterocycles. The largest absolute Gasteiger partial charge is 0.339 e. The summed E-state index contributed by atoms with van der Waals surface area (Å²) in [6.07, 6.45) is 7.05. The second-order valence-electron chi connectivity index (χ2n) is 7.62. The van der Waals surface area contributed by atoms with Crippen LogP contribution in [0.15, 0.2) is 24.8 Å². The van der Waals surface area contributed by atoms with Gasteiger partial charge in [0.15, 0.2) is 0 Å². The molecule has 1 saturated carbocycles. The van der Waals surface area contributed by atoms with Gasteiger partial charge in [-0.25, -0.2) is 9.97 Å². The number of aryl methyl sites for hydroxylation is 1. The molecule has 0 radical (unpaired) electrons. The normalized spacial score (nSPS) is 25.3. The average Bonchev–Trinajstić information content (AvgIpc) is 3.16. The average molecular weight is 361 g/mol. The molecule has 8 nitrogen and oxygen atoms in total. The number of nitriles is 1. The van der Waals surface area contributed by atoms with Gasteiger partial charge in [0.25, 0.3) is 0 Å². The van der Waals surface area contributed by atoms with Crippen LogP contribution in [0.3, 0.4) is 0 Å². The first-order chi connectivity index (χ1) is 13.0. The van der Waals surface area contributed by atoms with Gasteiger partial charge in [0.05, 0.1) is 23.3 Å². The maximum absolute atomic E-state index is 13.3. The van der Waals surface area contributed by atoms with E-state index in [0.29, 0.717) is 18.0 Å². The van der Waals surface area contributed by atoms with Crippen LogP contribution in [0.4, 0.5) is 5.82 Å². The van der Waals surface area contributed by atoms with Gasteiger partial charge in [-0.2, -0.15) is 10.4 Å². The Labute approximate surface area is 155 Å². The fourth-order valence-electron chi connectivity index (χ4n) is 4.34. The first kappa shape index (κ1) is 16.0. The Morgan fingerprint density at radius 1 is 1.37 bits per heavy atom. The van der Waals surface area contributed by atoms with Crippen molar-refractivity contribution in [1.29, 1.82) is 5.26 Å². The number of H-pyrrole nitrogens is 1. The molecule has 2 fully saturated rings. The zero-order chi connectivity index (χ0) is 18.8. The van der Waals surface area contributed by atoms with Crippen LogP contribution in [0.1, 0.15) is 19.8 Å². The highest BCUT2D eigenvalue weighted by molar-refractivity contribution is 6.07. The molecule has 5 rings (SSSR count). The minimum Gasteiger partial charge on any atom is -0.339 e. The highest BCUT2D eigenvalue weighted by atomic mass is 16.2. The molecule has 0 unspecified atom stereocenters. The van der Waals surface area contributed by atoms with Crippen molar-refractivity contribution in [3.63, 3.8) is 0 Å². The lowest BCUT2D eigenvalue weighted by Gasteiger charge is -2.22. The minimum atomic E-state index is -0.917. The summed E-state index contributed by atoms with van der Waals surface area (Å²) < 4.78 is 1.73. The standard InChI is InChI=1S/C19H19N7O/c1-11-7-26(18(27)19(11,9-20)13-3-4-13)17-14-5-15(12-6-23-25(2)8-12)24-16(14)21-10-22-17/h5-6,8,10-11,13H,3-4,7H2,1-2H3,(H,21,22,24)/t11-,19+/m1/s1. The lowest BCUT2D eigenvalue weighted by molar-refractivity contribution is -0.124. The van der Waals surface area contributed by atoms with E-state index in [2.05, 4.69) is 26.1 Å². The topological polar surface area (TPSA) is 103 Å². The lowest BCUT2D eigenvalue weighted by atomic mass is 9.75. The number of amides is 1. The summed E-state index contributed by atoms with van der Waals surface area (Å²) in [5.41, 5.74) is 1.56. The van der Waals surface area contributed by atoms with Crippen molar-refractivity contribution >= 4 is 22.8 Å². The first-order valence-corrected chi connectivity index (χ1v) is 9.10. The molecule has 0 spiro atoms. The summed E-state index contributed by atoms with van der Waals surface area (Å²) in [6.45, 7) is 2.50. The van der Waals surface area contributed by atoms with Gasteiger partial charge in [0.2, 0.25) is 5.91 Å². The quantitative estimate of drug-likeness (QED) is 0.771. The Hall–Kier alpha value is -3.21. The van der Waals surface area contributed by atoms with E-state index in [9.17, 15) is 10.1 Å². The maximum atomic E-state index is 13.3. The smallest absolute Gasteiger partial charge is 0.249 e. The molecular formula is C19H19N7O. The second kappa shape index (κ2) is 5.39. The van der Waals surface area contributed by atoms with Crippen molar-refractivity contribution in [2.45, 2.75) is 19.8 Å². The number of rotatable bonds is 3. The molecule has 2 aliphatic rings. The third-order valence-electron chi connectivity index (χ3n) is 5.92. The summed E-state index contributed by atoms with van der Waals surface area (Å²) in [4.78, 5) is 27.0. The zero-order valence-corrected chi connectivity index (χ0v) is 15.2. The summed E-state index contributed by atoms with van der Waals surface area (Å²) in [6, 6.07) is 4.31. The predicted octanol–water partition coefficient (Wildman–Crippen LogP) is 2.26. The Morgan fingerprint density at radius 3 is 2.85 bits per heavy atom. The van der Waals surface area contributed by atoms with Crippen molar-refractivity contribution in [1.82, 2.24) is 24.7 Å². The Bertz CT molecular complexity index is 1100. The van der Waals surface area contributed by atoms with E-state index in [1.54, 1.807) is 15.8 Å². The fraction of sp³-hybridized carbons (Fsp3) is 0.421. The number of hydrogen-bond donors (Lipinski definition) is 1. The molecule has 0 bridgehead atoms. The third kappa shape index (κ3) is 2.14. The van der Waals surface area contributed by atoms with Crippen LogP contribution in [-0.4, -0.2) is 37.2 Å². The van der Waals surface area contributed by atoms with Crippen LogP contribution in [0.5, 0.6) is 0 Å². The van der Waals surface area contributed by atoms with Gasteiger partial charge in [0, 0.05) is 31.3 Å². The van der Waals surface area contributed by atoms with Gasteiger partial charge in [-0.15, -0.1) is 0 Å². The molecule has 136 valence electrons. The van der Waals surface area contributed by atoms with Gasteiger partial charge in [-0.1, -0.05) is 6.92 Å². The highest BCUT2D eigenvalue weighted by Gasteiger charge is 2.61. The molecule has 3 aromatic rings. The van der Waals surface area contributed by atoms with Crippen molar-refractivity contribution in [2.75, 3.05) is 11.4 Å². The zero-order valence-electron chi connectivity index (χ0n) is 15.2. The Morgan fingerprint density at radius 2 is 2.19 bits per heavy atom. The monoisotopic (exact) mass is 361 g/mol. The number of fused-ring (bicyclic) bond motifs is 1. The number of carbonyl (C=O) groups excluding carboxylic acids is 1. The molecule has 8 heteroatoms. The molecule has 1 aliphatic heterocycles. The number of aromatic nitrogens is 5. The second-order valence-corrected chi connectivity index (χ2v) is 7.62. The van der Waals surface area contributed by atoms with E-state index >= 15 is 0 Å². The molecule has 1 N–H and O–H groups in total. The van der Waals surface area contributed by atoms with Crippen LogP contribution in [0.2, 0.25) is 0 Å². The van der Waals surface area contributed by atoms with Gasteiger partial charge in [-0.3, -0.25) is 14.4 Å². The number of carbonyl (C=O) groups is 1. The summed E-state index contributed by atoms with van der Waals surface area (Å²) >= 11 is 0. The molecule has 1 amide bonds. The highest BCUT2D eigenvalue weighted by Crippen LogP contribution is 2.54. The van der Waals surface area contributed by atoms with E-state index in [0.717, 1.165) is 29.5 Å². The molecular weight excluding hydrogens is 342 g/mol. The number of nitrogens with zero attached hydrogens (tertiary/aromatic N) is 6. The van der Waals surface area contributed by atoms with Crippen LogP contribution in [0.25, 0.3) is 22.3 Å². The number of aromatic amines is 1. The van der Waals surface area contributed by atoms with Crippen LogP contribution >= 0.6 is 0 Å². The summed E-state index contributed by atoms with van der Waals surface area (Å²) in [7, 11) is 1.86. The van der Waals surface area contributed by atoms with Crippen molar-refractivity contribution < 1.29 is 4.79 Å². The van der Waals surface area contributed by atoms with E-state index < -0.39 is 5.41 Å². The first-order valence-electron chi connectivity index (χ1n) is 9.10. The molecule has 27 heavy (non-hydrogen) atoms. The van der Waals surface area contributed by atoms with Crippen molar-refractivity contribution in [3.8, 4) is 17.3 Å². The molecule has 1 saturated heterocycles. The van der Waals surface area contributed by atoms with Gasteiger partial charge >= 0.3 is 0 Å². The van der Waals surface area contributed by atoms with Crippen molar-refractivity contribution in [2.24, 2.45) is 24.3 Å². The summed E-state index contributed by atoms with van der Waals surface area (Å²) in [5.74, 6) is 0.596. The molecule has 0 aromatic carbocycles. The van der Waals surface area contributed by atoms with Gasteiger partial charge in [0.1, 0.15) is 23.2 Å². The number of nitrogens with one attached hydrogen (secondary N) is 1. The van der Waals surface area contributed by atoms with E-state index in [-0.39, 0.29) is 17.7 Å². The van der Waals surface area contributed by atoms with Crippen molar-refractivity contribution in [3.05, 3.63) is 24.8 Å².